The van der Waals surface area contributed by atoms with E-state index in [9.17, 15) is 9.59 Å². The second-order valence-electron chi connectivity index (χ2n) is 4.65. The molecule has 0 aliphatic carbocycles. The largest absolute Gasteiger partial charge is 0.496 e. The van der Waals surface area contributed by atoms with E-state index < -0.39 is 5.97 Å². The summed E-state index contributed by atoms with van der Waals surface area (Å²) in [5.41, 5.74) is 2.38. The van der Waals surface area contributed by atoms with Crippen LogP contribution in [0.3, 0.4) is 0 Å². The number of nitrogens with zero attached hydrogens (tertiary/aromatic N) is 1. The summed E-state index contributed by atoms with van der Waals surface area (Å²) in [4.78, 5) is 24.3. The first kappa shape index (κ1) is 15.2. The van der Waals surface area contributed by atoms with Crippen LogP contribution in [0.4, 0.5) is 0 Å². The molecule has 19 heavy (non-hydrogen) atoms. The molecule has 104 valence electrons. The minimum atomic E-state index is -0.956. The van der Waals surface area contributed by atoms with Crippen LogP contribution in [0, 0.1) is 13.8 Å². The third kappa shape index (κ3) is 4.06. The number of aliphatic carboxylic acids is 1. The molecule has 0 aliphatic rings. The first-order valence-corrected chi connectivity index (χ1v) is 5.94. The smallest absolute Gasteiger partial charge is 0.317 e. The van der Waals surface area contributed by atoms with Crippen molar-refractivity contribution in [3.8, 4) is 5.75 Å². The van der Waals surface area contributed by atoms with Crippen LogP contribution in [0.5, 0.6) is 5.75 Å². The molecule has 0 atom stereocenters. The highest BCUT2D eigenvalue weighted by molar-refractivity contribution is 6.01. The molecule has 0 aliphatic heterocycles. The molecule has 0 aromatic heterocycles. The Bertz CT molecular complexity index is 496. The van der Waals surface area contributed by atoms with Gasteiger partial charge < -0.3 is 9.84 Å². The van der Waals surface area contributed by atoms with E-state index in [1.807, 2.05) is 19.9 Å². The molecule has 0 unspecified atom stereocenters. The molecule has 0 spiro atoms. The summed E-state index contributed by atoms with van der Waals surface area (Å²) >= 11 is 0. The first-order valence-electron chi connectivity index (χ1n) is 5.94. The highest BCUT2D eigenvalue weighted by Crippen LogP contribution is 2.24. The van der Waals surface area contributed by atoms with E-state index in [-0.39, 0.29) is 18.9 Å². The number of methoxy groups -OCH3 is 1. The zero-order valence-electron chi connectivity index (χ0n) is 11.7. The van der Waals surface area contributed by atoms with Crippen LogP contribution >= 0.6 is 0 Å². The van der Waals surface area contributed by atoms with Gasteiger partial charge in [-0.25, -0.2) is 0 Å². The third-order valence-electron chi connectivity index (χ3n) is 2.76. The van der Waals surface area contributed by atoms with Gasteiger partial charge in [-0.05, 0) is 38.1 Å². The minimum Gasteiger partial charge on any atom is -0.496 e. The molecule has 0 bridgehead atoms. The normalized spacial score (nSPS) is 10.6. The van der Waals surface area contributed by atoms with Gasteiger partial charge in [0.05, 0.1) is 25.8 Å². The standard InChI is InChI=1S/C14H19NO4/c1-9-5-10(2)14(12(6-9)19-4)11(16)7-15(3)8-13(17)18/h5-6H,7-8H2,1-4H3,(H,17,18). The van der Waals surface area contributed by atoms with Gasteiger partial charge in [-0.3, -0.25) is 14.5 Å². The molecule has 1 N–H and O–H groups in total. The topological polar surface area (TPSA) is 66.8 Å². The second-order valence-corrected chi connectivity index (χ2v) is 4.65. The summed E-state index contributed by atoms with van der Waals surface area (Å²) in [6, 6.07) is 3.71. The van der Waals surface area contributed by atoms with E-state index in [2.05, 4.69) is 0 Å². The van der Waals surface area contributed by atoms with E-state index in [4.69, 9.17) is 9.84 Å². The van der Waals surface area contributed by atoms with Gasteiger partial charge in [0.25, 0.3) is 0 Å². The Kier molecular flexibility index (Phi) is 5.06. The van der Waals surface area contributed by atoms with Crippen molar-refractivity contribution in [3.63, 3.8) is 0 Å². The molecule has 0 fully saturated rings. The van der Waals surface area contributed by atoms with Crippen molar-refractivity contribution >= 4 is 11.8 Å². The van der Waals surface area contributed by atoms with Gasteiger partial charge in [-0.2, -0.15) is 0 Å². The highest BCUT2D eigenvalue weighted by Gasteiger charge is 2.18. The molecule has 0 amide bonds. The fraction of sp³-hybridized carbons (Fsp3) is 0.429. The molecule has 1 rings (SSSR count). The third-order valence-corrected chi connectivity index (χ3v) is 2.76. The number of carboxylic acid groups (broad SMARTS) is 1. The van der Waals surface area contributed by atoms with Crippen molar-refractivity contribution in [1.29, 1.82) is 0 Å². The average molecular weight is 265 g/mol. The van der Waals surface area contributed by atoms with Gasteiger partial charge in [0.15, 0.2) is 5.78 Å². The number of hydrogen-bond donors (Lipinski definition) is 1. The number of carbonyl (C=O) groups is 2. The predicted molar refractivity (Wildman–Crippen MR) is 71.9 cm³/mol. The van der Waals surface area contributed by atoms with Gasteiger partial charge in [-0.15, -0.1) is 0 Å². The number of carbonyl (C=O) groups excluding carboxylic acids is 1. The molecule has 5 nitrogen and oxygen atoms in total. The molecular formula is C14H19NO4. The number of benzene rings is 1. The fourth-order valence-corrected chi connectivity index (χ4v) is 2.06. The van der Waals surface area contributed by atoms with Gasteiger partial charge in [0.2, 0.25) is 0 Å². The van der Waals surface area contributed by atoms with Crippen LogP contribution < -0.4 is 4.74 Å². The van der Waals surface area contributed by atoms with Crippen LogP contribution in [0.1, 0.15) is 21.5 Å². The van der Waals surface area contributed by atoms with Crippen molar-refractivity contribution in [2.24, 2.45) is 0 Å². The van der Waals surface area contributed by atoms with Crippen LogP contribution in [0.2, 0.25) is 0 Å². The summed E-state index contributed by atoms with van der Waals surface area (Å²) in [6.07, 6.45) is 0. The van der Waals surface area contributed by atoms with Crippen LogP contribution in [-0.4, -0.2) is 49.0 Å². The maximum Gasteiger partial charge on any atom is 0.317 e. The summed E-state index contributed by atoms with van der Waals surface area (Å²) in [5.74, 6) is -0.563. The van der Waals surface area contributed by atoms with E-state index in [1.165, 1.54) is 12.0 Å². The lowest BCUT2D eigenvalue weighted by atomic mass is 10.0. The minimum absolute atomic E-state index is 0.0482. The number of Topliss-reactive ketones (excluding diaryl/α,β-unsaturated/α-hetero) is 1. The molecule has 0 heterocycles. The molecular weight excluding hydrogens is 246 g/mol. The Morgan fingerprint density at radius 1 is 1.26 bits per heavy atom. The lowest BCUT2D eigenvalue weighted by molar-refractivity contribution is -0.137. The van der Waals surface area contributed by atoms with E-state index in [0.29, 0.717) is 11.3 Å². The summed E-state index contributed by atoms with van der Waals surface area (Å²) in [5, 5.41) is 8.68. The maximum absolute atomic E-state index is 12.2. The SMILES string of the molecule is COc1cc(C)cc(C)c1C(=O)CN(C)CC(=O)O. The van der Waals surface area contributed by atoms with Crippen molar-refractivity contribution < 1.29 is 19.4 Å². The van der Waals surface area contributed by atoms with Crippen LogP contribution in [0.25, 0.3) is 0 Å². The number of ketones is 1. The van der Waals surface area contributed by atoms with Gasteiger partial charge in [-0.1, -0.05) is 6.07 Å². The van der Waals surface area contributed by atoms with Crippen molar-refractivity contribution in [2.75, 3.05) is 27.2 Å². The molecule has 0 saturated heterocycles. The Labute approximate surface area is 112 Å². The molecule has 1 aromatic carbocycles. The first-order chi connectivity index (χ1) is 8.85. The lowest BCUT2D eigenvalue weighted by Gasteiger charge is -2.16. The fourth-order valence-electron chi connectivity index (χ4n) is 2.06. The summed E-state index contributed by atoms with van der Waals surface area (Å²) in [6.45, 7) is 3.66. The number of hydrogen-bond acceptors (Lipinski definition) is 4. The van der Waals surface area contributed by atoms with Gasteiger partial charge in [0.1, 0.15) is 5.75 Å². The van der Waals surface area contributed by atoms with Crippen LogP contribution in [0.15, 0.2) is 12.1 Å². The van der Waals surface area contributed by atoms with E-state index >= 15 is 0 Å². The van der Waals surface area contributed by atoms with Gasteiger partial charge >= 0.3 is 5.97 Å². The van der Waals surface area contributed by atoms with Crippen molar-refractivity contribution in [2.45, 2.75) is 13.8 Å². The van der Waals surface area contributed by atoms with Gasteiger partial charge in [0, 0.05) is 0 Å². The van der Waals surface area contributed by atoms with Crippen LogP contribution in [-0.2, 0) is 4.79 Å². The van der Waals surface area contributed by atoms with E-state index in [1.54, 1.807) is 13.1 Å². The predicted octanol–water partition coefficient (Wildman–Crippen LogP) is 1.51. The number of rotatable bonds is 6. The Morgan fingerprint density at radius 3 is 2.42 bits per heavy atom. The maximum atomic E-state index is 12.2. The summed E-state index contributed by atoms with van der Waals surface area (Å²) < 4.78 is 5.24. The summed E-state index contributed by atoms with van der Waals surface area (Å²) in [7, 11) is 3.12. The second kappa shape index (κ2) is 6.33. The van der Waals surface area contributed by atoms with Crippen molar-refractivity contribution in [1.82, 2.24) is 4.90 Å². The number of aryl methyl sites for hydroxylation is 2. The Morgan fingerprint density at radius 2 is 1.89 bits per heavy atom. The molecule has 5 heteroatoms. The zero-order chi connectivity index (χ0) is 14.6. The number of carboxylic acids is 1. The Balaban J connectivity index is 2.96. The molecule has 1 aromatic rings. The average Bonchev–Trinajstić information content (AvgIpc) is 2.25. The number of likely N-dealkylation sites (N-methyl/N-ethyl adjacent to an activating group) is 1. The monoisotopic (exact) mass is 265 g/mol. The highest BCUT2D eigenvalue weighted by atomic mass is 16.5. The molecule has 0 saturated carbocycles. The van der Waals surface area contributed by atoms with Crippen molar-refractivity contribution in [3.05, 3.63) is 28.8 Å². The molecule has 0 radical (unpaired) electrons. The van der Waals surface area contributed by atoms with E-state index in [0.717, 1.165) is 11.1 Å². The Hall–Kier alpha value is -1.88. The quantitative estimate of drug-likeness (QED) is 0.790. The lowest BCUT2D eigenvalue weighted by Crippen LogP contribution is -2.31. The zero-order valence-corrected chi connectivity index (χ0v) is 11.7. The number of ether oxygens (including phenoxy) is 1.